The minimum absolute atomic E-state index is 0.342. The number of hydrogen-bond donors (Lipinski definition) is 0. The molecule has 1 aromatic rings. The summed E-state index contributed by atoms with van der Waals surface area (Å²) in [5.74, 6) is 0. The maximum Gasteiger partial charge on any atom is 0.0829 e. The second kappa shape index (κ2) is 6.80. The molecule has 1 nitrogen and oxygen atoms in total. The van der Waals surface area contributed by atoms with Gasteiger partial charge >= 0.3 is 0 Å². The quantitative estimate of drug-likeness (QED) is 0.702. The van der Waals surface area contributed by atoms with Crippen molar-refractivity contribution in [2.45, 2.75) is 66.1 Å². The van der Waals surface area contributed by atoms with Crippen LogP contribution in [0, 0.1) is 13.8 Å². The molecule has 1 aromatic carbocycles. The average molecular weight is 234 g/mol. The highest BCUT2D eigenvalue weighted by Gasteiger charge is 2.25. The molecule has 0 aromatic heterocycles. The molecule has 0 bridgehead atoms. The highest BCUT2D eigenvalue weighted by molar-refractivity contribution is 5.31. The lowest BCUT2D eigenvalue weighted by molar-refractivity contribution is 0.0428. The van der Waals surface area contributed by atoms with Crippen molar-refractivity contribution in [2.75, 3.05) is 0 Å². The third kappa shape index (κ3) is 3.57. The Kier molecular flexibility index (Phi) is 5.70. The molecule has 0 unspecified atom stereocenters. The summed E-state index contributed by atoms with van der Waals surface area (Å²) in [6.45, 7) is 10.5. The molecule has 1 heterocycles. The largest absolute Gasteiger partial charge is 0.370 e. The maximum atomic E-state index is 5.99. The number of hydrogen-bond acceptors (Lipinski definition) is 1. The smallest absolute Gasteiger partial charge is 0.0829 e. The molecule has 1 heteroatoms. The zero-order valence-corrected chi connectivity index (χ0v) is 11.9. The lowest BCUT2D eigenvalue weighted by atomic mass is 10.0. The second-order valence-corrected chi connectivity index (χ2v) is 4.58. The third-order valence-electron chi connectivity index (χ3n) is 3.47. The summed E-state index contributed by atoms with van der Waals surface area (Å²) in [4.78, 5) is 0. The molecule has 0 spiro atoms. The molecule has 0 saturated carbocycles. The van der Waals surface area contributed by atoms with E-state index in [9.17, 15) is 0 Å². The number of aryl methyl sites for hydroxylation is 2. The average Bonchev–Trinajstić information content (AvgIpc) is 2.84. The van der Waals surface area contributed by atoms with Gasteiger partial charge in [-0.3, -0.25) is 0 Å². The summed E-state index contributed by atoms with van der Waals surface area (Å²) < 4.78 is 5.99. The Morgan fingerprint density at radius 3 is 2.35 bits per heavy atom. The van der Waals surface area contributed by atoms with Gasteiger partial charge in [-0.15, -0.1) is 0 Å². The molecule has 1 aliphatic rings. The number of ether oxygens (including phenoxy) is 1. The van der Waals surface area contributed by atoms with Gasteiger partial charge in [-0.1, -0.05) is 39.0 Å². The summed E-state index contributed by atoms with van der Waals surface area (Å²) in [5, 5.41) is 0. The van der Waals surface area contributed by atoms with Gasteiger partial charge in [-0.05, 0) is 49.8 Å². The zero-order chi connectivity index (χ0) is 12.8. The van der Waals surface area contributed by atoms with Gasteiger partial charge in [0, 0.05) is 0 Å². The van der Waals surface area contributed by atoms with Crippen molar-refractivity contribution in [3.8, 4) is 0 Å². The van der Waals surface area contributed by atoms with Crippen LogP contribution in [0.5, 0.6) is 0 Å². The fourth-order valence-electron chi connectivity index (χ4n) is 2.22. The molecular weight excluding hydrogens is 208 g/mol. The summed E-state index contributed by atoms with van der Waals surface area (Å²) in [5.41, 5.74) is 4.09. The van der Waals surface area contributed by atoms with Crippen LogP contribution in [0.1, 0.15) is 62.8 Å². The molecule has 1 fully saturated rings. The molecular formula is C16H26O. The van der Waals surface area contributed by atoms with E-state index in [2.05, 4.69) is 39.0 Å². The predicted molar refractivity (Wildman–Crippen MR) is 74.4 cm³/mol. The fourth-order valence-corrected chi connectivity index (χ4v) is 2.22. The van der Waals surface area contributed by atoms with Crippen LogP contribution in [-0.4, -0.2) is 6.10 Å². The van der Waals surface area contributed by atoms with E-state index >= 15 is 0 Å². The molecule has 0 amide bonds. The summed E-state index contributed by atoms with van der Waals surface area (Å²) in [7, 11) is 0. The predicted octanol–water partition coefficient (Wildman–Crippen LogP) is 4.96. The van der Waals surface area contributed by atoms with E-state index in [1.807, 2.05) is 13.8 Å². The lowest BCUT2D eigenvalue weighted by Gasteiger charge is -2.14. The van der Waals surface area contributed by atoms with E-state index in [-0.39, 0.29) is 0 Å². The molecule has 2 atom stereocenters. The van der Waals surface area contributed by atoms with Gasteiger partial charge in [0.15, 0.2) is 0 Å². The summed E-state index contributed by atoms with van der Waals surface area (Å²) in [6.07, 6.45) is 4.36. The standard InChI is InChI=1S/C14H20O.C2H6/c1-4-13-7-8-14(15-13)12-6-5-10(2)11(3)9-12;1-2/h5-6,9,13-14H,4,7-8H2,1-3H3;1-2H3/t13-,14-;/m0./s1. The molecule has 2 rings (SSSR count). The lowest BCUT2D eigenvalue weighted by Crippen LogP contribution is -2.04. The van der Waals surface area contributed by atoms with Crippen molar-refractivity contribution < 1.29 is 4.74 Å². The van der Waals surface area contributed by atoms with E-state index in [1.165, 1.54) is 29.5 Å². The monoisotopic (exact) mass is 234 g/mol. The SMILES string of the molecule is CC.CC[C@H]1CC[C@@H](c2ccc(C)c(C)c2)O1. The summed E-state index contributed by atoms with van der Waals surface area (Å²) in [6, 6.07) is 6.69. The third-order valence-corrected chi connectivity index (χ3v) is 3.47. The molecule has 0 radical (unpaired) electrons. The highest BCUT2D eigenvalue weighted by atomic mass is 16.5. The van der Waals surface area contributed by atoms with Crippen LogP contribution >= 0.6 is 0 Å². The van der Waals surface area contributed by atoms with Gasteiger partial charge in [0.25, 0.3) is 0 Å². The van der Waals surface area contributed by atoms with Gasteiger partial charge in [0.05, 0.1) is 12.2 Å². The maximum absolute atomic E-state index is 5.99. The van der Waals surface area contributed by atoms with E-state index in [0.717, 1.165) is 6.42 Å². The van der Waals surface area contributed by atoms with Gasteiger partial charge < -0.3 is 4.74 Å². The van der Waals surface area contributed by atoms with Crippen molar-refractivity contribution in [1.29, 1.82) is 0 Å². The highest BCUT2D eigenvalue weighted by Crippen LogP contribution is 2.34. The van der Waals surface area contributed by atoms with Gasteiger partial charge in [-0.25, -0.2) is 0 Å². The van der Waals surface area contributed by atoms with Crippen molar-refractivity contribution in [3.05, 3.63) is 34.9 Å². The Labute approximate surface area is 106 Å². The van der Waals surface area contributed by atoms with Crippen molar-refractivity contribution in [3.63, 3.8) is 0 Å². The van der Waals surface area contributed by atoms with Crippen molar-refractivity contribution in [1.82, 2.24) is 0 Å². The second-order valence-electron chi connectivity index (χ2n) is 4.58. The Morgan fingerprint density at radius 2 is 1.82 bits per heavy atom. The van der Waals surface area contributed by atoms with Crippen LogP contribution in [-0.2, 0) is 4.74 Å². The van der Waals surface area contributed by atoms with Crippen molar-refractivity contribution in [2.24, 2.45) is 0 Å². The van der Waals surface area contributed by atoms with Gasteiger partial charge in [0.2, 0.25) is 0 Å². The normalized spacial score (nSPS) is 23.1. The Hall–Kier alpha value is -0.820. The van der Waals surface area contributed by atoms with Gasteiger partial charge in [0.1, 0.15) is 0 Å². The summed E-state index contributed by atoms with van der Waals surface area (Å²) >= 11 is 0. The molecule has 17 heavy (non-hydrogen) atoms. The first-order valence-corrected chi connectivity index (χ1v) is 6.93. The first kappa shape index (κ1) is 14.2. The van der Waals surface area contributed by atoms with Crippen LogP contribution in [0.3, 0.4) is 0 Å². The molecule has 1 aliphatic heterocycles. The van der Waals surface area contributed by atoms with E-state index in [1.54, 1.807) is 0 Å². The molecule has 96 valence electrons. The van der Waals surface area contributed by atoms with Crippen LogP contribution in [0.25, 0.3) is 0 Å². The van der Waals surface area contributed by atoms with Crippen LogP contribution in [0.15, 0.2) is 18.2 Å². The van der Waals surface area contributed by atoms with Crippen molar-refractivity contribution >= 4 is 0 Å². The van der Waals surface area contributed by atoms with Crippen LogP contribution < -0.4 is 0 Å². The van der Waals surface area contributed by atoms with E-state index < -0.39 is 0 Å². The first-order valence-electron chi connectivity index (χ1n) is 6.93. The molecule has 0 N–H and O–H groups in total. The number of rotatable bonds is 2. The fraction of sp³-hybridized carbons (Fsp3) is 0.625. The van der Waals surface area contributed by atoms with E-state index in [0.29, 0.717) is 12.2 Å². The topological polar surface area (TPSA) is 9.23 Å². The van der Waals surface area contributed by atoms with Gasteiger partial charge in [-0.2, -0.15) is 0 Å². The van der Waals surface area contributed by atoms with Crippen LogP contribution in [0.4, 0.5) is 0 Å². The minimum atomic E-state index is 0.342. The Bertz CT molecular complexity index is 343. The first-order chi connectivity index (χ1) is 8.20. The molecule has 0 aliphatic carbocycles. The minimum Gasteiger partial charge on any atom is -0.370 e. The Morgan fingerprint density at radius 1 is 1.12 bits per heavy atom. The zero-order valence-electron chi connectivity index (χ0n) is 11.9. The number of benzene rings is 1. The Balaban J connectivity index is 0.000000686. The van der Waals surface area contributed by atoms with E-state index in [4.69, 9.17) is 4.74 Å². The molecule has 1 saturated heterocycles. The van der Waals surface area contributed by atoms with Crippen LogP contribution in [0.2, 0.25) is 0 Å².